The van der Waals surface area contributed by atoms with E-state index in [1.165, 1.54) is 57.8 Å². The van der Waals surface area contributed by atoms with E-state index < -0.39 is 16.5 Å². The number of ether oxygens (including phenoxy) is 1. The molecule has 0 spiro atoms. The Morgan fingerprint density at radius 1 is 0.694 bits per heavy atom. The summed E-state index contributed by atoms with van der Waals surface area (Å²) in [7, 11) is -4.41. The van der Waals surface area contributed by atoms with Crippen LogP contribution in [0.5, 0.6) is 0 Å². The molecular formula is C28H56NaO6S. The molecule has 1 unspecified atom stereocenters. The van der Waals surface area contributed by atoms with Gasteiger partial charge < -0.3 is 4.74 Å². The monoisotopic (exact) mass is 543 g/mol. The van der Waals surface area contributed by atoms with Gasteiger partial charge in [0.05, 0.1) is 12.7 Å². The Bertz CT molecular complexity index is 583. The summed E-state index contributed by atoms with van der Waals surface area (Å²) in [5.41, 5.74) is 0. The zero-order valence-corrected chi connectivity index (χ0v) is 26.9. The summed E-state index contributed by atoms with van der Waals surface area (Å²) < 4.78 is 41.6. The molecule has 0 aromatic carbocycles. The minimum atomic E-state index is -4.41. The molecular weight excluding hydrogens is 487 g/mol. The average molecular weight is 544 g/mol. The fourth-order valence-electron chi connectivity index (χ4n) is 4.36. The summed E-state index contributed by atoms with van der Waals surface area (Å²) in [6.45, 7) is 7.26. The Kier molecular flexibility index (Phi) is 28.8. The molecule has 0 saturated carbocycles. The van der Waals surface area contributed by atoms with Crippen LogP contribution < -0.4 is 0 Å². The van der Waals surface area contributed by atoms with Crippen LogP contribution in [-0.4, -0.2) is 61.2 Å². The summed E-state index contributed by atoms with van der Waals surface area (Å²) in [4.78, 5) is 11.8. The average Bonchev–Trinajstić information content (AvgIpc) is 2.78. The molecule has 36 heavy (non-hydrogen) atoms. The molecule has 0 aliphatic carbocycles. The third-order valence-corrected chi connectivity index (χ3v) is 7.00. The second kappa shape index (κ2) is 26.9. The first-order chi connectivity index (χ1) is 16.7. The zero-order chi connectivity index (χ0) is 26.2. The van der Waals surface area contributed by atoms with E-state index >= 15 is 0 Å². The van der Waals surface area contributed by atoms with Crippen LogP contribution in [0.4, 0.5) is 0 Å². The van der Waals surface area contributed by atoms with E-state index in [1.54, 1.807) is 0 Å². The van der Waals surface area contributed by atoms with Crippen LogP contribution in [0.1, 0.15) is 156 Å². The molecule has 0 aliphatic heterocycles. The molecule has 8 heteroatoms. The second-order valence-electron chi connectivity index (χ2n) is 10.5. The van der Waals surface area contributed by atoms with Gasteiger partial charge in [0.1, 0.15) is 0 Å². The van der Waals surface area contributed by atoms with Crippen LogP contribution >= 0.6 is 0 Å². The van der Waals surface area contributed by atoms with Crippen molar-refractivity contribution in [2.45, 2.75) is 162 Å². The number of carbonyl (C=O) groups is 1. The summed E-state index contributed by atoms with van der Waals surface area (Å²) in [5, 5.41) is 0. The van der Waals surface area contributed by atoms with E-state index in [9.17, 15) is 13.2 Å². The van der Waals surface area contributed by atoms with Crippen LogP contribution in [-0.2, 0) is 24.1 Å². The standard InChI is InChI=1S/C28H56O6S.Na/c1-4-5-6-7-8-12-17-22-27(34-35(30,31)32)23-18-13-9-14-19-24-28(29)33-25-20-15-10-11-16-21-26(2)3;/h26-27H,4-25H2,1-3H3,(H,30,31,32);. The molecule has 1 N–H and O–H groups in total. The first-order valence-corrected chi connectivity index (χ1v) is 15.9. The Morgan fingerprint density at radius 3 is 1.64 bits per heavy atom. The normalized spacial score (nSPS) is 12.5. The molecule has 6 nitrogen and oxygen atoms in total. The number of esters is 1. The molecule has 0 amide bonds. The van der Waals surface area contributed by atoms with E-state index in [2.05, 4.69) is 20.8 Å². The molecule has 1 radical (unpaired) electrons. The van der Waals surface area contributed by atoms with Crippen LogP contribution in [0.3, 0.4) is 0 Å². The maximum Gasteiger partial charge on any atom is 0.397 e. The quantitative estimate of drug-likeness (QED) is 0.0512. The van der Waals surface area contributed by atoms with Crippen molar-refractivity contribution in [3.63, 3.8) is 0 Å². The number of rotatable bonds is 26. The van der Waals surface area contributed by atoms with E-state index in [0.29, 0.717) is 25.9 Å². The molecule has 0 aromatic rings. The van der Waals surface area contributed by atoms with Gasteiger partial charge in [-0.3, -0.25) is 9.35 Å². The van der Waals surface area contributed by atoms with Crippen LogP contribution in [0.25, 0.3) is 0 Å². The predicted molar refractivity (Wildman–Crippen MR) is 151 cm³/mol. The smallest absolute Gasteiger partial charge is 0.397 e. The molecule has 0 fully saturated rings. The summed E-state index contributed by atoms with van der Waals surface area (Å²) in [6.07, 6.45) is 21.3. The van der Waals surface area contributed by atoms with Gasteiger partial charge in [0.25, 0.3) is 0 Å². The Hall–Kier alpha value is 0.340. The van der Waals surface area contributed by atoms with Crippen molar-refractivity contribution in [3.05, 3.63) is 0 Å². The number of hydrogen-bond acceptors (Lipinski definition) is 5. The van der Waals surface area contributed by atoms with Crippen LogP contribution in [0, 0.1) is 5.92 Å². The topological polar surface area (TPSA) is 89.9 Å². The molecule has 0 heterocycles. The second-order valence-corrected chi connectivity index (χ2v) is 11.6. The van der Waals surface area contributed by atoms with E-state index in [0.717, 1.165) is 63.7 Å². The Labute approximate surface area is 245 Å². The molecule has 1 atom stereocenters. The van der Waals surface area contributed by atoms with Gasteiger partial charge in [-0.15, -0.1) is 0 Å². The molecule has 0 rings (SSSR count). The minimum absolute atomic E-state index is 0. The van der Waals surface area contributed by atoms with Gasteiger partial charge in [0, 0.05) is 36.0 Å². The van der Waals surface area contributed by atoms with Crippen molar-refractivity contribution in [3.8, 4) is 0 Å². The van der Waals surface area contributed by atoms with Gasteiger partial charge in [0.2, 0.25) is 0 Å². The molecule has 0 aromatic heterocycles. The molecule has 0 aliphatic rings. The van der Waals surface area contributed by atoms with Gasteiger partial charge in [0.15, 0.2) is 0 Å². The number of unbranched alkanes of at least 4 members (excludes halogenated alkanes) is 14. The molecule has 0 saturated heterocycles. The maximum absolute atomic E-state index is 11.8. The van der Waals surface area contributed by atoms with Crippen molar-refractivity contribution in [1.82, 2.24) is 0 Å². The van der Waals surface area contributed by atoms with Crippen molar-refractivity contribution < 1.29 is 26.7 Å². The van der Waals surface area contributed by atoms with Crippen molar-refractivity contribution >= 4 is 45.9 Å². The minimum Gasteiger partial charge on any atom is -0.466 e. The van der Waals surface area contributed by atoms with Crippen molar-refractivity contribution in [2.75, 3.05) is 6.61 Å². The molecule has 211 valence electrons. The zero-order valence-electron chi connectivity index (χ0n) is 24.1. The van der Waals surface area contributed by atoms with E-state index in [-0.39, 0.29) is 35.5 Å². The van der Waals surface area contributed by atoms with Crippen LogP contribution in [0.2, 0.25) is 0 Å². The largest absolute Gasteiger partial charge is 0.466 e. The Morgan fingerprint density at radius 2 is 1.14 bits per heavy atom. The fourth-order valence-corrected chi connectivity index (χ4v) is 4.89. The van der Waals surface area contributed by atoms with Crippen LogP contribution in [0.15, 0.2) is 0 Å². The summed E-state index contributed by atoms with van der Waals surface area (Å²) in [6, 6.07) is 0. The van der Waals surface area contributed by atoms with Gasteiger partial charge in [-0.05, 0) is 31.6 Å². The SMILES string of the molecule is CCCCCCCCCC(CCCCCCCC(=O)OCCCCCCCC(C)C)OS(=O)(=O)O.[Na]. The summed E-state index contributed by atoms with van der Waals surface area (Å²) >= 11 is 0. The van der Waals surface area contributed by atoms with Crippen molar-refractivity contribution in [2.24, 2.45) is 5.92 Å². The van der Waals surface area contributed by atoms with E-state index in [1.807, 2.05) is 0 Å². The number of carbonyl (C=O) groups excluding carboxylic acids is 1. The first-order valence-electron chi connectivity index (χ1n) is 14.6. The van der Waals surface area contributed by atoms with E-state index in [4.69, 9.17) is 13.5 Å². The third-order valence-electron chi connectivity index (χ3n) is 6.48. The number of hydrogen-bond donors (Lipinski definition) is 1. The maximum atomic E-state index is 11.8. The molecule has 0 bridgehead atoms. The van der Waals surface area contributed by atoms with Gasteiger partial charge in [-0.25, -0.2) is 4.18 Å². The first kappa shape index (κ1) is 38.5. The van der Waals surface area contributed by atoms with Gasteiger partial charge in [-0.1, -0.05) is 124 Å². The Balaban J connectivity index is 0. The third kappa shape index (κ3) is 30.6. The fraction of sp³-hybridized carbons (Fsp3) is 0.964. The van der Waals surface area contributed by atoms with Gasteiger partial charge in [-0.2, -0.15) is 8.42 Å². The van der Waals surface area contributed by atoms with Crippen molar-refractivity contribution in [1.29, 1.82) is 0 Å². The predicted octanol–water partition coefficient (Wildman–Crippen LogP) is 8.20. The van der Waals surface area contributed by atoms with Gasteiger partial charge >= 0.3 is 16.4 Å². The summed E-state index contributed by atoms with van der Waals surface area (Å²) in [5.74, 6) is 0.688.